The number of pyridine rings is 2. The van der Waals surface area contributed by atoms with Crippen molar-refractivity contribution in [2.24, 2.45) is 7.05 Å². The Morgan fingerprint density at radius 2 is 1.93 bits per heavy atom. The second-order valence-electron chi connectivity index (χ2n) is 10.7. The number of nitrogens with zero attached hydrogens (tertiary/aromatic N) is 3. The zero-order chi connectivity index (χ0) is 32.8. The molecule has 2 aromatic heterocycles. The lowest BCUT2D eigenvalue weighted by molar-refractivity contribution is -0.0864. The summed E-state index contributed by atoms with van der Waals surface area (Å²) in [5.41, 5.74) is 0.621. The van der Waals surface area contributed by atoms with Gasteiger partial charge in [0.25, 0.3) is 17.4 Å². The lowest BCUT2D eigenvalue weighted by Crippen LogP contribution is -2.51. The number of hydrogen-bond donors (Lipinski definition) is 2. The van der Waals surface area contributed by atoms with Crippen LogP contribution in [0.5, 0.6) is 11.6 Å². The van der Waals surface area contributed by atoms with Crippen LogP contribution in [0.4, 0.5) is 19.0 Å². The molecule has 4 heterocycles. The second-order valence-corrected chi connectivity index (χ2v) is 10.7. The van der Waals surface area contributed by atoms with Gasteiger partial charge < -0.3 is 39.0 Å². The highest BCUT2D eigenvalue weighted by molar-refractivity contribution is 6.05. The number of aromatic nitrogens is 2. The number of halogens is 3. The highest BCUT2D eigenvalue weighted by Crippen LogP contribution is 2.33. The van der Waals surface area contributed by atoms with Gasteiger partial charge in [0.05, 0.1) is 51.2 Å². The Morgan fingerprint density at radius 3 is 2.63 bits per heavy atom. The first kappa shape index (κ1) is 32.9. The number of anilines is 1. The van der Waals surface area contributed by atoms with Crippen LogP contribution in [0.25, 0.3) is 11.1 Å². The average Bonchev–Trinajstić information content (AvgIpc) is 3.01. The highest BCUT2D eigenvalue weighted by Gasteiger charge is 2.32. The minimum atomic E-state index is -3.12. The minimum absolute atomic E-state index is 0.00468. The van der Waals surface area contributed by atoms with E-state index in [-0.39, 0.29) is 59.9 Å². The third kappa shape index (κ3) is 8.02. The minimum Gasteiger partial charge on any atom is -0.478 e. The summed E-state index contributed by atoms with van der Waals surface area (Å²) in [5.74, 6) is -1.47. The first-order valence-electron chi connectivity index (χ1n) is 14.7. The summed E-state index contributed by atoms with van der Waals surface area (Å²) in [4.78, 5) is 45.2. The van der Waals surface area contributed by atoms with Crippen LogP contribution in [-0.4, -0.2) is 91.2 Å². The highest BCUT2D eigenvalue weighted by atomic mass is 19.3. The van der Waals surface area contributed by atoms with E-state index in [1.54, 1.807) is 13.1 Å². The molecule has 0 aliphatic carbocycles. The Bertz CT molecular complexity index is 1620. The number of nitrogens with one attached hydrogen (secondary N) is 2. The maximum Gasteiger partial charge on any atom is 0.387 e. The number of aryl methyl sites for hydroxylation is 1. The third-order valence-electron chi connectivity index (χ3n) is 7.29. The SMILES string of the molecule is CCOc1cc(-c2ccc(OC(F)F)cc2C(=O)N2CC(F)C2)cc(NC(=O)c2cc(CNCC3COCCO3)cn(C)c2=O)n1. The van der Waals surface area contributed by atoms with Crippen LogP contribution in [-0.2, 0) is 23.1 Å². The van der Waals surface area contributed by atoms with Gasteiger partial charge in [-0.1, -0.05) is 0 Å². The number of alkyl halides is 3. The zero-order valence-corrected chi connectivity index (χ0v) is 25.3. The van der Waals surface area contributed by atoms with Crippen LogP contribution < -0.4 is 25.7 Å². The molecular weight excluding hydrogens is 611 g/mol. The van der Waals surface area contributed by atoms with E-state index in [1.807, 2.05) is 0 Å². The quantitative estimate of drug-likeness (QED) is 0.305. The van der Waals surface area contributed by atoms with E-state index in [1.165, 1.54) is 46.8 Å². The summed E-state index contributed by atoms with van der Waals surface area (Å²) in [7, 11) is 1.54. The molecule has 0 spiro atoms. The average molecular weight is 646 g/mol. The number of rotatable bonds is 12. The lowest BCUT2D eigenvalue weighted by Gasteiger charge is -2.34. The molecule has 12 nitrogen and oxygen atoms in total. The fourth-order valence-corrected chi connectivity index (χ4v) is 5.09. The van der Waals surface area contributed by atoms with Crippen molar-refractivity contribution in [3.05, 3.63) is 69.6 Å². The van der Waals surface area contributed by atoms with Gasteiger partial charge in [0.15, 0.2) is 0 Å². The number of ether oxygens (including phenoxy) is 4. The van der Waals surface area contributed by atoms with Crippen LogP contribution in [0.2, 0.25) is 0 Å². The standard InChI is InChI=1S/C31H34F3N5O7/c1-3-44-27-10-19(23-5-4-21(46-31(33)34)11-24(23)30(42)39-15-20(32)16-39)9-26(36-27)37-28(40)25-8-18(14-38(2)29(25)41)12-35-13-22-17-43-6-7-45-22/h4-5,8-11,14,20,22,31,35H,3,6-7,12-13,15-17H2,1-2H3,(H,36,37,40). The number of likely N-dealkylation sites (tertiary alicyclic amines) is 1. The Labute approximate surface area is 262 Å². The van der Waals surface area contributed by atoms with E-state index >= 15 is 0 Å². The van der Waals surface area contributed by atoms with Crippen LogP contribution >= 0.6 is 0 Å². The van der Waals surface area contributed by atoms with Crippen molar-refractivity contribution in [3.8, 4) is 22.8 Å². The van der Waals surface area contributed by atoms with Crippen LogP contribution in [0.1, 0.15) is 33.2 Å². The second kappa shape index (κ2) is 14.7. The van der Waals surface area contributed by atoms with E-state index in [4.69, 9.17) is 14.2 Å². The van der Waals surface area contributed by atoms with Gasteiger partial charge in [-0.15, -0.1) is 0 Å². The molecule has 2 amide bonds. The molecule has 2 fully saturated rings. The summed E-state index contributed by atoms with van der Waals surface area (Å²) in [6, 6.07) is 8.29. The Balaban J connectivity index is 1.42. The van der Waals surface area contributed by atoms with Crippen molar-refractivity contribution in [1.29, 1.82) is 0 Å². The van der Waals surface area contributed by atoms with Crippen molar-refractivity contribution < 1.29 is 41.7 Å². The molecule has 46 heavy (non-hydrogen) atoms. The number of benzene rings is 1. The topological polar surface area (TPSA) is 133 Å². The van der Waals surface area contributed by atoms with Crippen LogP contribution in [0.15, 0.2) is 47.4 Å². The predicted octanol–water partition coefficient (Wildman–Crippen LogP) is 3.00. The fourth-order valence-electron chi connectivity index (χ4n) is 5.09. The molecule has 2 aliphatic rings. The molecule has 1 aromatic carbocycles. The van der Waals surface area contributed by atoms with Crippen molar-refractivity contribution in [3.63, 3.8) is 0 Å². The van der Waals surface area contributed by atoms with Gasteiger partial charge in [0, 0.05) is 32.4 Å². The maximum absolute atomic E-state index is 13.6. The Hall–Kier alpha value is -4.47. The monoisotopic (exact) mass is 645 g/mol. The first-order valence-corrected chi connectivity index (χ1v) is 14.7. The molecule has 246 valence electrons. The van der Waals surface area contributed by atoms with Crippen molar-refractivity contribution in [2.75, 3.05) is 51.4 Å². The molecule has 15 heteroatoms. The van der Waals surface area contributed by atoms with Gasteiger partial charge >= 0.3 is 6.61 Å². The lowest BCUT2D eigenvalue weighted by atomic mass is 9.97. The number of hydrogen-bond acceptors (Lipinski definition) is 9. The van der Waals surface area contributed by atoms with E-state index in [2.05, 4.69) is 20.4 Å². The molecule has 0 saturated carbocycles. The maximum atomic E-state index is 13.6. The first-order chi connectivity index (χ1) is 22.1. The van der Waals surface area contributed by atoms with Gasteiger partial charge in [-0.25, -0.2) is 4.39 Å². The van der Waals surface area contributed by atoms with Gasteiger partial charge in [-0.05, 0) is 53.9 Å². The van der Waals surface area contributed by atoms with E-state index < -0.39 is 30.2 Å². The van der Waals surface area contributed by atoms with Crippen molar-refractivity contribution in [2.45, 2.75) is 32.4 Å². The molecular formula is C31H34F3N5O7. The van der Waals surface area contributed by atoms with Crippen molar-refractivity contribution in [1.82, 2.24) is 19.8 Å². The molecule has 0 radical (unpaired) electrons. The molecule has 1 atom stereocenters. The molecule has 1 unspecified atom stereocenters. The summed E-state index contributed by atoms with van der Waals surface area (Å²) < 4.78 is 61.9. The smallest absolute Gasteiger partial charge is 0.387 e. The van der Waals surface area contributed by atoms with Gasteiger partial charge in [-0.3, -0.25) is 14.4 Å². The Morgan fingerprint density at radius 1 is 1.13 bits per heavy atom. The summed E-state index contributed by atoms with van der Waals surface area (Å²) in [5, 5.41) is 5.88. The number of amides is 2. The number of carbonyl (C=O) groups is 2. The molecule has 2 saturated heterocycles. The van der Waals surface area contributed by atoms with E-state index in [9.17, 15) is 27.6 Å². The number of carbonyl (C=O) groups excluding carboxylic acids is 2. The largest absolute Gasteiger partial charge is 0.478 e. The summed E-state index contributed by atoms with van der Waals surface area (Å²) in [6.45, 7) is 0.990. The molecule has 0 bridgehead atoms. The predicted molar refractivity (Wildman–Crippen MR) is 160 cm³/mol. The molecule has 2 aliphatic heterocycles. The van der Waals surface area contributed by atoms with E-state index in [0.29, 0.717) is 44.0 Å². The third-order valence-corrected chi connectivity index (χ3v) is 7.29. The molecule has 5 rings (SSSR count). The van der Waals surface area contributed by atoms with Crippen LogP contribution in [0.3, 0.4) is 0 Å². The Kier molecular flexibility index (Phi) is 10.6. The summed E-state index contributed by atoms with van der Waals surface area (Å²) in [6.07, 6.45) is 0.347. The van der Waals surface area contributed by atoms with Gasteiger partial charge in [-0.2, -0.15) is 13.8 Å². The fraction of sp³-hybridized carbons (Fsp3) is 0.419. The summed E-state index contributed by atoms with van der Waals surface area (Å²) >= 11 is 0. The van der Waals surface area contributed by atoms with Gasteiger partial charge in [0.1, 0.15) is 23.3 Å². The normalized spacial score (nSPS) is 16.7. The molecule has 3 aromatic rings. The van der Waals surface area contributed by atoms with Crippen LogP contribution in [0, 0.1) is 0 Å². The zero-order valence-electron chi connectivity index (χ0n) is 25.3. The van der Waals surface area contributed by atoms with E-state index in [0.717, 1.165) is 6.07 Å². The van der Waals surface area contributed by atoms with Crippen molar-refractivity contribution >= 4 is 17.6 Å². The molecule has 2 N–H and O–H groups in total. The van der Waals surface area contributed by atoms with Gasteiger partial charge in [0.2, 0.25) is 5.88 Å².